The molecule has 0 radical (unpaired) electrons. The molecule has 1 heterocycles. The van der Waals surface area contributed by atoms with Gasteiger partial charge in [0.25, 0.3) is 10.0 Å². The Morgan fingerprint density at radius 3 is 2.41 bits per heavy atom. The van der Waals surface area contributed by atoms with E-state index in [1.54, 1.807) is 57.2 Å². The number of carbonyl (C=O) groups excluding carboxylic acids is 1. The van der Waals surface area contributed by atoms with Gasteiger partial charge in [0, 0.05) is 6.54 Å². The maximum atomic E-state index is 12.8. The molecule has 1 aliphatic rings. The van der Waals surface area contributed by atoms with Crippen LogP contribution in [-0.4, -0.2) is 26.7 Å². The van der Waals surface area contributed by atoms with Gasteiger partial charge in [-0.2, -0.15) is 0 Å². The molecule has 0 aromatic heterocycles. The molecular formula is C20H24N2O4S. The van der Waals surface area contributed by atoms with E-state index in [-0.39, 0.29) is 4.90 Å². The first-order valence-electron chi connectivity index (χ1n) is 8.79. The zero-order valence-electron chi connectivity index (χ0n) is 15.9. The molecule has 0 saturated heterocycles. The third kappa shape index (κ3) is 4.24. The number of nitrogens with zero attached hydrogens (tertiary/aromatic N) is 1. The minimum Gasteiger partial charge on any atom is -0.443 e. The molecule has 2 aromatic carbocycles. The van der Waals surface area contributed by atoms with E-state index in [1.807, 2.05) is 13.0 Å². The molecule has 7 heteroatoms. The van der Waals surface area contributed by atoms with Crippen molar-refractivity contribution in [2.24, 2.45) is 0 Å². The van der Waals surface area contributed by atoms with Gasteiger partial charge in [-0.3, -0.25) is 9.62 Å². The Hall–Kier alpha value is -2.54. The van der Waals surface area contributed by atoms with Crippen molar-refractivity contribution in [1.29, 1.82) is 0 Å². The minimum atomic E-state index is -3.76. The maximum Gasteiger partial charge on any atom is 0.414 e. The molecule has 27 heavy (non-hydrogen) atoms. The summed E-state index contributed by atoms with van der Waals surface area (Å²) in [6.07, 6.45) is 0.164. The molecule has 6 nitrogen and oxygen atoms in total. The Balaban J connectivity index is 1.94. The van der Waals surface area contributed by atoms with E-state index in [0.717, 1.165) is 11.1 Å². The lowest BCUT2D eigenvalue weighted by Crippen LogP contribution is -2.36. The normalized spacial score (nSPS) is 14.0. The van der Waals surface area contributed by atoms with E-state index < -0.39 is 21.7 Å². The molecule has 1 amide bonds. The number of amides is 1. The van der Waals surface area contributed by atoms with Crippen LogP contribution in [0.1, 0.15) is 31.9 Å². The van der Waals surface area contributed by atoms with Crippen molar-refractivity contribution in [2.45, 2.75) is 44.6 Å². The molecule has 0 fully saturated rings. The van der Waals surface area contributed by atoms with Crippen LogP contribution in [0.25, 0.3) is 0 Å². The van der Waals surface area contributed by atoms with Gasteiger partial charge in [0.2, 0.25) is 0 Å². The number of fused-ring (bicyclic) bond motifs is 1. The van der Waals surface area contributed by atoms with E-state index in [1.165, 1.54) is 4.90 Å². The summed E-state index contributed by atoms with van der Waals surface area (Å²) >= 11 is 0. The van der Waals surface area contributed by atoms with Crippen LogP contribution in [0.2, 0.25) is 0 Å². The summed E-state index contributed by atoms with van der Waals surface area (Å²) in [4.78, 5) is 14.2. The Labute approximate surface area is 160 Å². The third-order valence-electron chi connectivity index (χ3n) is 4.18. The van der Waals surface area contributed by atoms with Gasteiger partial charge >= 0.3 is 6.09 Å². The van der Waals surface area contributed by atoms with Gasteiger partial charge in [-0.25, -0.2) is 13.2 Å². The number of hydrogen-bond donors (Lipinski definition) is 1. The number of anilines is 2. The molecule has 1 aliphatic heterocycles. The van der Waals surface area contributed by atoms with Gasteiger partial charge in [-0.05, 0) is 57.9 Å². The molecule has 1 N–H and O–H groups in total. The van der Waals surface area contributed by atoms with Crippen molar-refractivity contribution in [3.8, 4) is 0 Å². The second-order valence-electron chi connectivity index (χ2n) is 7.61. The van der Waals surface area contributed by atoms with Crippen LogP contribution in [-0.2, 0) is 21.2 Å². The number of benzene rings is 2. The highest BCUT2D eigenvalue weighted by Crippen LogP contribution is 2.37. The molecular weight excluding hydrogens is 364 g/mol. The van der Waals surface area contributed by atoms with Gasteiger partial charge < -0.3 is 4.74 Å². The van der Waals surface area contributed by atoms with E-state index in [9.17, 15) is 13.2 Å². The van der Waals surface area contributed by atoms with Gasteiger partial charge in [0.05, 0.1) is 16.3 Å². The second kappa shape index (κ2) is 6.88. The van der Waals surface area contributed by atoms with Gasteiger partial charge in [-0.15, -0.1) is 0 Å². The summed E-state index contributed by atoms with van der Waals surface area (Å²) in [5, 5.41) is 0. The molecule has 0 spiro atoms. The summed E-state index contributed by atoms with van der Waals surface area (Å²) in [6, 6.07) is 12.0. The molecule has 0 saturated carbocycles. The highest BCUT2D eigenvalue weighted by atomic mass is 32.2. The van der Waals surface area contributed by atoms with Gasteiger partial charge in [-0.1, -0.05) is 29.8 Å². The van der Waals surface area contributed by atoms with Gasteiger partial charge in [0.15, 0.2) is 0 Å². The molecule has 0 unspecified atom stereocenters. The zero-order chi connectivity index (χ0) is 19.8. The van der Waals surface area contributed by atoms with Crippen molar-refractivity contribution >= 4 is 27.5 Å². The average molecular weight is 388 g/mol. The zero-order valence-corrected chi connectivity index (χ0v) is 16.8. The van der Waals surface area contributed by atoms with Crippen LogP contribution < -0.4 is 9.62 Å². The van der Waals surface area contributed by atoms with E-state index >= 15 is 0 Å². The standard InChI is InChI=1S/C20H24N2O4S/c1-14-8-10-16(11-9-14)27(24,25)21-17-7-5-6-15-12-13-22(18(15)17)19(23)26-20(2,3)4/h5-11,21H,12-13H2,1-4H3. The maximum absolute atomic E-state index is 12.8. The van der Waals surface area contributed by atoms with Crippen LogP contribution >= 0.6 is 0 Å². The van der Waals surface area contributed by atoms with Crippen molar-refractivity contribution in [3.63, 3.8) is 0 Å². The van der Waals surface area contributed by atoms with Gasteiger partial charge in [0.1, 0.15) is 5.60 Å². The Bertz CT molecular complexity index is 960. The summed E-state index contributed by atoms with van der Waals surface area (Å²) in [5.41, 5.74) is 2.19. The Kier molecular flexibility index (Phi) is 4.90. The average Bonchev–Trinajstić information content (AvgIpc) is 2.99. The van der Waals surface area contributed by atoms with E-state index in [4.69, 9.17) is 4.74 Å². The number of rotatable bonds is 3. The highest BCUT2D eigenvalue weighted by molar-refractivity contribution is 7.92. The Morgan fingerprint density at radius 1 is 1.11 bits per heavy atom. The second-order valence-corrected chi connectivity index (χ2v) is 9.30. The number of hydrogen-bond acceptors (Lipinski definition) is 4. The topological polar surface area (TPSA) is 75.7 Å². The lowest BCUT2D eigenvalue weighted by Gasteiger charge is -2.26. The molecule has 0 aliphatic carbocycles. The Morgan fingerprint density at radius 2 is 1.78 bits per heavy atom. The minimum absolute atomic E-state index is 0.174. The largest absolute Gasteiger partial charge is 0.443 e. The van der Waals surface area contributed by atoms with E-state index in [0.29, 0.717) is 24.3 Å². The molecule has 3 rings (SSSR count). The van der Waals surface area contributed by atoms with E-state index in [2.05, 4.69) is 4.72 Å². The summed E-state index contributed by atoms with van der Waals surface area (Å²) in [7, 11) is -3.76. The number of carbonyl (C=O) groups is 1. The number of nitrogens with one attached hydrogen (secondary N) is 1. The lowest BCUT2D eigenvalue weighted by atomic mass is 10.1. The number of aryl methyl sites for hydroxylation is 1. The summed E-state index contributed by atoms with van der Waals surface area (Å²) in [6.45, 7) is 7.75. The van der Waals surface area contributed by atoms with Crippen LogP contribution in [0.15, 0.2) is 47.4 Å². The monoisotopic (exact) mass is 388 g/mol. The predicted octanol–water partition coefficient (Wildman–Crippen LogP) is 4.09. The number of para-hydroxylation sites is 1. The quantitative estimate of drug-likeness (QED) is 0.859. The van der Waals surface area contributed by atoms with Crippen LogP contribution in [0.3, 0.4) is 0 Å². The molecule has 0 atom stereocenters. The first-order valence-corrected chi connectivity index (χ1v) is 10.3. The SMILES string of the molecule is Cc1ccc(S(=O)(=O)Nc2cccc3c2N(C(=O)OC(C)(C)C)CC3)cc1. The first kappa shape index (κ1) is 19.2. The molecule has 0 bridgehead atoms. The van der Waals surface area contributed by atoms with Crippen molar-refractivity contribution in [3.05, 3.63) is 53.6 Å². The fourth-order valence-electron chi connectivity index (χ4n) is 2.96. The van der Waals surface area contributed by atoms with Crippen LogP contribution in [0, 0.1) is 6.92 Å². The molecule has 2 aromatic rings. The van der Waals surface area contributed by atoms with Crippen LogP contribution in [0.5, 0.6) is 0 Å². The number of ether oxygens (including phenoxy) is 1. The fourth-order valence-corrected chi connectivity index (χ4v) is 4.03. The van der Waals surface area contributed by atoms with Crippen molar-refractivity contribution < 1.29 is 17.9 Å². The highest BCUT2D eigenvalue weighted by Gasteiger charge is 2.32. The summed E-state index contributed by atoms with van der Waals surface area (Å²) < 4.78 is 33.6. The smallest absolute Gasteiger partial charge is 0.414 e. The number of sulfonamides is 1. The van der Waals surface area contributed by atoms with Crippen LogP contribution in [0.4, 0.5) is 16.2 Å². The summed E-state index contributed by atoms with van der Waals surface area (Å²) in [5.74, 6) is 0. The van der Waals surface area contributed by atoms with Crippen molar-refractivity contribution in [1.82, 2.24) is 0 Å². The predicted molar refractivity (Wildman–Crippen MR) is 106 cm³/mol. The lowest BCUT2D eigenvalue weighted by molar-refractivity contribution is 0.0584. The third-order valence-corrected chi connectivity index (χ3v) is 5.57. The molecule has 144 valence electrons. The first-order chi connectivity index (χ1) is 12.6. The van der Waals surface area contributed by atoms with Crippen molar-refractivity contribution in [2.75, 3.05) is 16.2 Å². The fraction of sp³-hybridized carbons (Fsp3) is 0.350.